The summed E-state index contributed by atoms with van der Waals surface area (Å²) >= 11 is 0. The molecule has 6 rings (SSSR count). The van der Waals surface area contributed by atoms with Crippen LogP contribution in [0.25, 0.3) is 35.4 Å². The van der Waals surface area contributed by atoms with E-state index in [1.54, 1.807) is 12.2 Å². The van der Waals surface area contributed by atoms with Crippen LogP contribution >= 0.6 is 0 Å². The number of anilines is 2. The van der Waals surface area contributed by atoms with Crippen molar-refractivity contribution in [3.63, 3.8) is 0 Å². The van der Waals surface area contributed by atoms with E-state index in [4.69, 9.17) is 0 Å². The van der Waals surface area contributed by atoms with Crippen molar-refractivity contribution in [2.75, 3.05) is 22.9 Å². The van der Waals surface area contributed by atoms with Crippen LogP contribution in [-0.4, -0.2) is 13.1 Å². The van der Waals surface area contributed by atoms with Crippen molar-refractivity contribution in [3.8, 4) is 11.1 Å². The molecule has 0 N–H and O–H groups in total. The molecule has 4 aromatic carbocycles. The highest BCUT2D eigenvalue weighted by Crippen LogP contribution is 2.35. The van der Waals surface area contributed by atoms with Gasteiger partial charge in [-0.2, -0.15) is 0 Å². The fraction of sp³-hybridized carbons (Fsp3) is 0.222. The molecular formula is C36H32N2O4. The van der Waals surface area contributed by atoms with Crippen LogP contribution in [0.5, 0.6) is 0 Å². The van der Waals surface area contributed by atoms with Gasteiger partial charge in [-0.1, -0.05) is 75.2 Å². The summed E-state index contributed by atoms with van der Waals surface area (Å²) in [6.07, 6.45) is 15.1. The van der Waals surface area contributed by atoms with Gasteiger partial charge < -0.3 is 9.80 Å². The van der Waals surface area contributed by atoms with Crippen molar-refractivity contribution in [1.29, 1.82) is 0 Å². The molecule has 0 aromatic heterocycles. The van der Waals surface area contributed by atoms with Crippen molar-refractivity contribution in [2.24, 2.45) is 0 Å². The van der Waals surface area contributed by atoms with Gasteiger partial charge in [0.2, 0.25) is 21.7 Å². The van der Waals surface area contributed by atoms with Crippen LogP contribution < -0.4 is 31.5 Å². The number of nitrogens with zero attached hydrogens (tertiary/aromatic N) is 2. The van der Waals surface area contributed by atoms with Crippen LogP contribution in [0.3, 0.4) is 0 Å². The van der Waals surface area contributed by atoms with Gasteiger partial charge in [-0.25, -0.2) is 0 Å². The van der Waals surface area contributed by atoms with E-state index in [9.17, 15) is 19.2 Å². The van der Waals surface area contributed by atoms with Gasteiger partial charge in [-0.05, 0) is 60.4 Å². The van der Waals surface area contributed by atoms with Gasteiger partial charge in [0.25, 0.3) is 0 Å². The lowest BCUT2D eigenvalue weighted by molar-refractivity contribution is 0.772. The number of fused-ring (bicyclic) bond motifs is 2. The molecule has 0 saturated carbocycles. The average molecular weight is 557 g/mol. The second kappa shape index (κ2) is 11.2. The van der Waals surface area contributed by atoms with Gasteiger partial charge in [-0.15, -0.1) is 0 Å². The smallest absolute Gasteiger partial charge is 0.235 e. The Labute approximate surface area is 244 Å². The maximum absolute atomic E-state index is 12.9. The van der Waals surface area contributed by atoms with E-state index >= 15 is 0 Å². The molecule has 0 saturated heterocycles. The lowest BCUT2D eigenvalue weighted by Crippen LogP contribution is -2.44. The highest BCUT2D eigenvalue weighted by Gasteiger charge is 2.32. The molecule has 210 valence electrons. The molecule has 0 unspecified atom stereocenters. The Kier molecular flexibility index (Phi) is 7.29. The number of hydrogen-bond acceptors (Lipinski definition) is 6. The summed E-state index contributed by atoms with van der Waals surface area (Å²) in [6.45, 7) is 5.73. The standard InChI is InChI=1S/C36H32N2O4/c1-3-5-19-37-25(17-15-23-11-7-9-13-29(23)37)21-27-31(35(41)33(27)39)32-28(34(40)36(32)42)22-26-18-16-24-12-8-10-14-30(24)38(26)20-6-4-2/h7-18,21-22H,3-6,19-20H2,1-2H3/b25-21+,26-22+. The van der Waals surface area contributed by atoms with Crippen molar-refractivity contribution >= 4 is 35.7 Å². The third kappa shape index (κ3) is 4.53. The Hall–Kier alpha value is -4.84. The number of unbranched alkanes of at least 4 members (excludes halogenated alkanes) is 2. The fourth-order valence-corrected chi connectivity index (χ4v) is 5.83. The van der Waals surface area contributed by atoms with Crippen molar-refractivity contribution in [1.82, 2.24) is 0 Å². The van der Waals surface area contributed by atoms with Gasteiger partial charge in [-0.3, -0.25) is 19.2 Å². The summed E-state index contributed by atoms with van der Waals surface area (Å²) in [5.74, 6) is 0. The van der Waals surface area contributed by atoms with Crippen LogP contribution in [0.15, 0.2) is 91.3 Å². The normalized spacial score (nSPS) is 16.1. The van der Waals surface area contributed by atoms with E-state index in [-0.39, 0.29) is 22.3 Å². The monoisotopic (exact) mass is 556 g/mol. The Balaban J connectivity index is 1.43. The molecule has 2 aliphatic heterocycles. The maximum atomic E-state index is 12.9. The van der Waals surface area contributed by atoms with Gasteiger partial charge in [0.1, 0.15) is 0 Å². The Morgan fingerprint density at radius 1 is 0.548 bits per heavy atom. The van der Waals surface area contributed by atoms with Gasteiger partial charge in [0, 0.05) is 58.1 Å². The number of allylic oxidation sites excluding steroid dienone is 2. The SMILES string of the molecule is CCCCN1/C(=C/c2c(-c3c(/C=C4\C=Cc5ccccc5N4CCCC)c(=O)c3=O)c(=O)c2=O)C=Cc2ccccc21. The second-order valence-corrected chi connectivity index (χ2v) is 10.8. The molecule has 0 bridgehead atoms. The third-order valence-corrected chi connectivity index (χ3v) is 8.15. The summed E-state index contributed by atoms with van der Waals surface area (Å²) in [5.41, 5.74) is 3.47. The zero-order valence-electron chi connectivity index (χ0n) is 23.9. The molecule has 0 spiro atoms. The topological polar surface area (TPSA) is 74.8 Å². The average Bonchev–Trinajstić information content (AvgIpc) is 3.03. The van der Waals surface area contributed by atoms with E-state index in [0.717, 1.165) is 72.7 Å². The van der Waals surface area contributed by atoms with E-state index in [1.165, 1.54) is 0 Å². The minimum Gasteiger partial charge on any atom is -0.341 e. The van der Waals surface area contributed by atoms with Crippen LogP contribution in [0.2, 0.25) is 0 Å². The molecule has 42 heavy (non-hydrogen) atoms. The lowest BCUT2D eigenvalue weighted by Gasteiger charge is -2.31. The summed E-state index contributed by atoms with van der Waals surface area (Å²) in [7, 11) is 0. The van der Waals surface area contributed by atoms with E-state index in [1.807, 2.05) is 72.8 Å². The predicted molar refractivity (Wildman–Crippen MR) is 173 cm³/mol. The molecular weight excluding hydrogens is 524 g/mol. The lowest BCUT2D eigenvalue weighted by atomic mass is 9.85. The van der Waals surface area contributed by atoms with Crippen molar-refractivity contribution < 1.29 is 0 Å². The van der Waals surface area contributed by atoms with E-state index < -0.39 is 21.7 Å². The van der Waals surface area contributed by atoms with Crippen LogP contribution in [-0.2, 0) is 0 Å². The molecule has 4 aromatic rings. The first-order chi connectivity index (χ1) is 20.4. The number of para-hydroxylation sites is 2. The molecule has 2 heterocycles. The molecule has 0 aliphatic carbocycles. The van der Waals surface area contributed by atoms with Gasteiger partial charge >= 0.3 is 0 Å². The molecule has 2 aliphatic rings. The Morgan fingerprint density at radius 2 is 0.952 bits per heavy atom. The highest BCUT2D eigenvalue weighted by atomic mass is 16.2. The Morgan fingerprint density at radius 3 is 1.36 bits per heavy atom. The summed E-state index contributed by atoms with van der Waals surface area (Å²) in [5, 5.41) is 0. The fourth-order valence-electron chi connectivity index (χ4n) is 5.83. The number of hydrogen-bond donors (Lipinski definition) is 0. The van der Waals surface area contributed by atoms with Crippen LogP contribution in [0, 0.1) is 0 Å². The Bertz CT molecular complexity index is 1810. The second-order valence-electron chi connectivity index (χ2n) is 10.8. The summed E-state index contributed by atoms with van der Waals surface area (Å²) in [4.78, 5) is 56.0. The number of rotatable bonds is 9. The predicted octanol–water partition coefficient (Wildman–Crippen LogP) is 5.89. The molecule has 6 nitrogen and oxygen atoms in total. The third-order valence-electron chi connectivity index (χ3n) is 8.15. The van der Waals surface area contributed by atoms with Crippen LogP contribution in [0.4, 0.5) is 11.4 Å². The van der Waals surface area contributed by atoms with E-state index in [2.05, 4.69) is 23.6 Å². The number of benzene rings is 2. The van der Waals surface area contributed by atoms with E-state index in [0.29, 0.717) is 0 Å². The van der Waals surface area contributed by atoms with Crippen LogP contribution in [0.1, 0.15) is 61.8 Å². The first kappa shape index (κ1) is 27.3. The molecule has 6 heteroatoms. The zero-order chi connectivity index (χ0) is 29.4. The maximum Gasteiger partial charge on any atom is 0.235 e. The highest BCUT2D eigenvalue weighted by molar-refractivity contribution is 5.90. The van der Waals surface area contributed by atoms with Crippen molar-refractivity contribution in [2.45, 2.75) is 39.5 Å². The zero-order valence-corrected chi connectivity index (χ0v) is 23.9. The molecule has 0 amide bonds. The summed E-state index contributed by atoms with van der Waals surface area (Å²) in [6, 6.07) is 16.1. The first-order valence-corrected chi connectivity index (χ1v) is 14.6. The first-order valence-electron chi connectivity index (χ1n) is 14.6. The summed E-state index contributed by atoms with van der Waals surface area (Å²) < 4.78 is 0. The van der Waals surface area contributed by atoms with Gasteiger partial charge in [0.05, 0.1) is 0 Å². The minimum atomic E-state index is -0.721. The minimum absolute atomic E-state index is 0.0481. The van der Waals surface area contributed by atoms with Crippen molar-refractivity contribution in [3.05, 3.63) is 135 Å². The molecule has 0 atom stereocenters. The molecule has 0 fully saturated rings. The van der Waals surface area contributed by atoms with Gasteiger partial charge in [0.15, 0.2) is 0 Å². The molecule has 0 radical (unpaired) electrons. The quantitative estimate of drug-likeness (QED) is 0.239. The largest absolute Gasteiger partial charge is 0.341 e.